The molecule has 1 aromatic carbocycles. The number of benzene rings is 1. The highest BCUT2D eigenvalue weighted by atomic mass is 16.5. The molecule has 0 bridgehead atoms. The van der Waals surface area contributed by atoms with Crippen LogP contribution in [-0.2, 0) is 12.0 Å². The Hall–Kier alpha value is -1.92. The molecule has 142 valence electrons. The fourth-order valence-electron chi connectivity index (χ4n) is 3.85. The molecule has 1 aromatic heterocycles. The van der Waals surface area contributed by atoms with Gasteiger partial charge in [0.15, 0.2) is 0 Å². The Morgan fingerprint density at radius 1 is 1.35 bits per heavy atom. The average molecular weight is 360 g/mol. The third kappa shape index (κ3) is 3.23. The Labute approximate surface area is 153 Å². The monoisotopic (exact) mass is 360 g/mol. The second-order valence-corrected chi connectivity index (χ2v) is 7.87. The second kappa shape index (κ2) is 7.00. The first kappa shape index (κ1) is 18.9. The third-order valence-electron chi connectivity index (χ3n) is 5.51. The topological polar surface area (TPSA) is 84.6 Å². The molecule has 0 amide bonds. The van der Waals surface area contributed by atoms with Crippen LogP contribution in [0.4, 0.5) is 0 Å². The van der Waals surface area contributed by atoms with Crippen LogP contribution in [0.3, 0.4) is 0 Å². The first-order valence-corrected chi connectivity index (χ1v) is 9.23. The molecule has 0 fully saturated rings. The summed E-state index contributed by atoms with van der Waals surface area (Å²) >= 11 is 0. The van der Waals surface area contributed by atoms with Crippen LogP contribution < -0.4 is 10.3 Å². The van der Waals surface area contributed by atoms with Crippen LogP contribution in [0.25, 0.3) is 11.0 Å². The van der Waals surface area contributed by atoms with Crippen LogP contribution in [0.5, 0.6) is 5.88 Å². The number of hydrogen-bond donors (Lipinski definition) is 2. The Bertz CT molecular complexity index is 886. The number of ether oxygens (including phenoxy) is 1. The van der Waals surface area contributed by atoms with Gasteiger partial charge in [-0.05, 0) is 54.9 Å². The van der Waals surface area contributed by atoms with Gasteiger partial charge in [0, 0.05) is 19.6 Å². The smallest absolute Gasteiger partial charge is 0.313 e. The SMILES string of the molecule is Cc1cc2nc(OCC[C@H](O)CCO)c(=O)n3c2c(c1C)C(C)(C)CC3. The average Bonchev–Trinajstić information content (AvgIpc) is 2.56. The highest BCUT2D eigenvalue weighted by molar-refractivity contribution is 5.83. The molecule has 2 N–H and O–H groups in total. The van der Waals surface area contributed by atoms with Crippen molar-refractivity contribution in [3.05, 3.63) is 33.1 Å². The van der Waals surface area contributed by atoms with Crippen molar-refractivity contribution in [2.24, 2.45) is 0 Å². The van der Waals surface area contributed by atoms with E-state index in [1.54, 1.807) is 4.57 Å². The van der Waals surface area contributed by atoms with Crippen molar-refractivity contribution in [1.29, 1.82) is 0 Å². The van der Waals surface area contributed by atoms with E-state index in [-0.39, 0.29) is 30.1 Å². The normalized spacial score (nSPS) is 16.7. The molecule has 6 heteroatoms. The molecule has 6 nitrogen and oxygen atoms in total. The van der Waals surface area contributed by atoms with Gasteiger partial charge in [0.05, 0.1) is 23.7 Å². The van der Waals surface area contributed by atoms with Crippen LogP contribution in [0.15, 0.2) is 10.9 Å². The lowest BCUT2D eigenvalue weighted by Gasteiger charge is -2.35. The van der Waals surface area contributed by atoms with Gasteiger partial charge >= 0.3 is 5.56 Å². The van der Waals surface area contributed by atoms with E-state index in [0.29, 0.717) is 19.4 Å². The molecule has 0 radical (unpaired) electrons. The minimum absolute atomic E-state index is 0.000743. The van der Waals surface area contributed by atoms with Gasteiger partial charge in [-0.15, -0.1) is 0 Å². The Morgan fingerprint density at radius 3 is 2.77 bits per heavy atom. The molecule has 2 heterocycles. The first-order chi connectivity index (χ1) is 12.3. The number of nitrogens with zero attached hydrogens (tertiary/aromatic N) is 2. The maximum atomic E-state index is 12.9. The van der Waals surface area contributed by atoms with E-state index in [0.717, 1.165) is 23.0 Å². The molecule has 1 atom stereocenters. The van der Waals surface area contributed by atoms with E-state index >= 15 is 0 Å². The van der Waals surface area contributed by atoms with Crippen molar-refractivity contribution in [3.63, 3.8) is 0 Å². The number of rotatable bonds is 6. The highest BCUT2D eigenvalue weighted by Gasteiger charge is 2.32. The van der Waals surface area contributed by atoms with Crippen molar-refractivity contribution < 1.29 is 14.9 Å². The van der Waals surface area contributed by atoms with Crippen LogP contribution >= 0.6 is 0 Å². The predicted molar refractivity (Wildman–Crippen MR) is 101 cm³/mol. The van der Waals surface area contributed by atoms with Crippen LogP contribution in [-0.4, -0.2) is 39.1 Å². The molecule has 0 aliphatic carbocycles. The minimum Gasteiger partial charge on any atom is -0.474 e. The summed E-state index contributed by atoms with van der Waals surface area (Å²) in [4.78, 5) is 17.4. The van der Waals surface area contributed by atoms with Gasteiger partial charge in [0.1, 0.15) is 0 Å². The summed E-state index contributed by atoms with van der Waals surface area (Å²) in [5.74, 6) is 0.0857. The summed E-state index contributed by atoms with van der Waals surface area (Å²) in [6.07, 6.45) is 0.900. The maximum absolute atomic E-state index is 12.9. The molecular formula is C20H28N2O4. The van der Waals surface area contributed by atoms with E-state index < -0.39 is 6.10 Å². The van der Waals surface area contributed by atoms with Crippen LogP contribution in [0.1, 0.15) is 49.8 Å². The zero-order valence-corrected chi connectivity index (χ0v) is 16.0. The summed E-state index contributed by atoms with van der Waals surface area (Å²) in [6, 6.07) is 2.01. The molecule has 26 heavy (non-hydrogen) atoms. The summed E-state index contributed by atoms with van der Waals surface area (Å²) in [5, 5.41) is 18.5. The summed E-state index contributed by atoms with van der Waals surface area (Å²) in [5.41, 5.74) is 5.06. The van der Waals surface area contributed by atoms with Gasteiger partial charge in [0.25, 0.3) is 5.88 Å². The largest absolute Gasteiger partial charge is 0.474 e. The van der Waals surface area contributed by atoms with E-state index in [4.69, 9.17) is 9.84 Å². The first-order valence-electron chi connectivity index (χ1n) is 9.23. The van der Waals surface area contributed by atoms with Crippen LogP contribution in [0.2, 0.25) is 0 Å². The van der Waals surface area contributed by atoms with Gasteiger partial charge < -0.3 is 19.5 Å². The molecule has 0 spiro atoms. The van der Waals surface area contributed by atoms with E-state index in [2.05, 4.69) is 32.7 Å². The summed E-state index contributed by atoms with van der Waals surface area (Å²) in [7, 11) is 0. The zero-order valence-electron chi connectivity index (χ0n) is 16.0. The zero-order chi connectivity index (χ0) is 19.1. The number of aliphatic hydroxyl groups excluding tert-OH is 2. The van der Waals surface area contributed by atoms with Crippen molar-refractivity contribution in [2.75, 3.05) is 13.2 Å². The van der Waals surface area contributed by atoms with Crippen molar-refractivity contribution in [2.45, 2.75) is 65.0 Å². The number of aryl methyl sites for hydroxylation is 2. The van der Waals surface area contributed by atoms with Gasteiger partial charge in [-0.3, -0.25) is 4.79 Å². The fourth-order valence-corrected chi connectivity index (χ4v) is 3.85. The molecule has 0 saturated heterocycles. The van der Waals surface area contributed by atoms with Gasteiger partial charge in [-0.2, -0.15) is 0 Å². The van der Waals surface area contributed by atoms with Gasteiger partial charge in [0.2, 0.25) is 0 Å². The molecule has 0 saturated carbocycles. The maximum Gasteiger partial charge on any atom is 0.313 e. The lowest BCUT2D eigenvalue weighted by Crippen LogP contribution is -2.34. The number of hydrogen-bond acceptors (Lipinski definition) is 5. The Balaban J connectivity index is 2.04. The van der Waals surface area contributed by atoms with Crippen molar-refractivity contribution >= 4 is 11.0 Å². The van der Waals surface area contributed by atoms with E-state index in [1.165, 1.54) is 11.1 Å². The molecule has 3 rings (SSSR count). The van der Waals surface area contributed by atoms with E-state index in [9.17, 15) is 9.90 Å². The molecule has 2 aromatic rings. The van der Waals surface area contributed by atoms with Crippen LogP contribution in [0, 0.1) is 13.8 Å². The highest BCUT2D eigenvalue weighted by Crippen LogP contribution is 2.40. The molecule has 0 unspecified atom stereocenters. The molecular weight excluding hydrogens is 332 g/mol. The van der Waals surface area contributed by atoms with E-state index in [1.807, 2.05) is 6.07 Å². The fraction of sp³-hybridized carbons (Fsp3) is 0.600. The van der Waals surface area contributed by atoms with Gasteiger partial charge in [-0.25, -0.2) is 4.98 Å². The second-order valence-electron chi connectivity index (χ2n) is 7.87. The third-order valence-corrected chi connectivity index (χ3v) is 5.51. The minimum atomic E-state index is -0.640. The number of aliphatic hydroxyl groups is 2. The summed E-state index contributed by atoms with van der Waals surface area (Å²) in [6.45, 7) is 9.38. The number of aromatic nitrogens is 2. The molecule has 1 aliphatic heterocycles. The lowest BCUT2D eigenvalue weighted by molar-refractivity contribution is 0.107. The Kier molecular flexibility index (Phi) is 5.08. The van der Waals surface area contributed by atoms with Crippen molar-refractivity contribution in [3.8, 4) is 5.88 Å². The lowest BCUT2D eigenvalue weighted by atomic mass is 9.75. The van der Waals surface area contributed by atoms with Crippen molar-refractivity contribution in [1.82, 2.24) is 9.55 Å². The predicted octanol–water partition coefficient (Wildman–Crippen LogP) is 2.21. The Morgan fingerprint density at radius 2 is 2.08 bits per heavy atom. The molecule has 1 aliphatic rings. The summed E-state index contributed by atoms with van der Waals surface area (Å²) < 4.78 is 7.39. The van der Waals surface area contributed by atoms with Gasteiger partial charge in [-0.1, -0.05) is 13.8 Å². The standard InChI is InChI=1S/C20H28N2O4/c1-12-11-15-17-16(13(12)2)20(3,4)7-8-22(17)19(25)18(21-15)26-10-6-14(24)5-9-23/h11,14,23-24H,5-10H2,1-4H3/t14-/m1/s1. The quantitative estimate of drug-likeness (QED) is 0.825.